The Bertz CT molecular complexity index is 178. The molecule has 2 nitrogen and oxygen atoms in total. The minimum absolute atomic E-state index is 0.590. The summed E-state index contributed by atoms with van der Waals surface area (Å²) < 4.78 is 2.11. The van der Waals surface area contributed by atoms with Crippen molar-refractivity contribution in [3.63, 3.8) is 0 Å². The SMILES string of the molecule is CCC(C)n1ccnc1.CCCC. The molecule has 0 radical (unpaired) electrons. The van der Waals surface area contributed by atoms with E-state index in [-0.39, 0.29) is 0 Å². The van der Waals surface area contributed by atoms with E-state index < -0.39 is 0 Å². The van der Waals surface area contributed by atoms with Crippen molar-refractivity contribution in [1.82, 2.24) is 9.55 Å². The van der Waals surface area contributed by atoms with Gasteiger partial charge in [-0.05, 0) is 13.3 Å². The summed E-state index contributed by atoms with van der Waals surface area (Å²) in [6.07, 6.45) is 9.46. The van der Waals surface area contributed by atoms with E-state index in [0.29, 0.717) is 6.04 Å². The van der Waals surface area contributed by atoms with E-state index in [1.807, 2.05) is 18.7 Å². The van der Waals surface area contributed by atoms with Crippen molar-refractivity contribution in [3.8, 4) is 0 Å². The molecular weight excluding hydrogens is 160 g/mol. The van der Waals surface area contributed by atoms with Crippen molar-refractivity contribution in [2.75, 3.05) is 0 Å². The van der Waals surface area contributed by atoms with Gasteiger partial charge < -0.3 is 4.57 Å². The first-order valence-electron chi connectivity index (χ1n) is 5.23. The normalized spacial score (nSPS) is 11.7. The molecule has 0 saturated heterocycles. The molecule has 0 fully saturated rings. The predicted octanol–water partition coefficient (Wildman–Crippen LogP) is 3.66. The molecule has 1 aromatic rings. The third-order valence-corrected chi connectivity index (χ3v) is 2.12. The minimum atomic E-state index is 0.590. The summed E-state index contributed by atoms with van der Waals surface area (Å²) in [5.41, 5.74) is 0. The summed E-state index contributed by atoms with van der Waals surface area (Å²) in [7, 11) is 0. The van der Waals surface area contributed by atoms with Gasteiger partial charge in [-0.25, -0.2) is 4.98 Å². The largest absolute Gasteiger partial charge is 0.335 e. The highest BCUT2D eigenvalue weighted by Crippen LogP contribution is 2.06. The number of rotatable bonds is 3. The van der Waals surface area contributed by atoms with Crippen molar-refractivity contribution in [2.24, 2.45) is 0 Å². The number of hydrogen-bond acceptors (Lipinski definition) is 1. The van der Waals surface area contributed by atoms with Crippen LogP contribution in [0.2, 0.25) is 0 Å². The van der Waals surface area contributed by atoms with E-state index in [9.17, 15) is 0 Å². The summed E-state index contributed by atoms with van der Waals surface area (Å²) in [6, 6.07) is 0.590. The Balaban J connectivity index is 0.000000310. The number of hydrogen-bond donors (Lipinski definition) is 0. The molecular formula is C11H22N2. The van der Waals surface area contributed by atoms with Crippen LogP contribution in [0.25, 0.3) is 0 Å². The van der Waals surface area contributed by atoms with Crippen molar-refractivity contribution in [1.29, 1.82) is 0 Å². The van der Waals surface area contributed by atoms with Gasteiger partial charge in [0.15, 0.2) is 0 Å². The Kier molecular flexibility index (Phi) is 7.36. The highest BCUT2D eigenvalue weighted by Gasteiger charge is 1.96. The van der Waals surface area contributed by atoms with Crippen LogP contribution in [0, 0.1) is 0 Å². The second-order valence-electron chi connectivity index (χ2n) is 3.27. The molecule has 0 aliphatic heterocycles. The van der Waals surface area contributed by atoms with E-state index in [1.54, 1.807) is 0 Å². The van der Waals surface area contributed by atoms with Crippen molar-refractivity contribution < 1.29 is 0 Å². The van der Waals surface area contributed by atoms with Crippen molar-refractivity contribution in [2.45, 2.75) is 53.0 Å². The highest BCUT2D eigenvalue weighted by molar-refractivity contribution is 4.77. The number of nitrogens with zero attached hydrogens (tertiary/aromatic N) is 2. The molecule has 0 spiro atoms. The van der Waals surface area contributed by atoms with E-state index in [1.165, 1.54) is 12.8 Å². The monoisotopic (exact) mass is 182 g/mol. The Morgan fingerprint density at radius 3 is 2.15 bits per heavy atom. The zero-order valence-corrected chi connectivity index (χ0v) is 9.33. The average Bonchev–Trinajstić information content (AvgIpc) is 2.70. The van der Waals surface area contributed by atoms with Crippen molar-refractivity contribution in [3.05, 3.63) is 18.7 Å². The molecule has 1 rings (SSSR count). The second kappa shape index (κ2) is 7.84. The fraction of sp³-hybridized carbons (Fsp3) is 0.727. The van der Waals surface area contributed by atoms with Crippen LogP contribution in [-0.2, 0) is 0 Å². The van der Waals surface area contributed by atoms with Gasteiger partial charge in [0.2, 0.25) is 0 Å². The lowest BCUT2D eigenvalue weighted by atomic mass is 10.3. The van der Waals surface area contributed by atoms with Gasteiger partial charge in [0.25, 0.3) is 0 Å². The maximum atomic E-state index is 3.95. The van der Waals surface area contributed by atoms with Gasteiger partial charge in [-0.1, -0.05) is 33.6 Å². The van der Waals surface area contributed by atoms with Gasteiger partial charge in [-0.3, -0.25) is 0 Å². The molecule has 1 atom stereocenters. The fourth-order valence-corrected chi connectivity index (χ4v) is 0.741. The summed E-state index contributed by atoms with van der Waals surface area (Å²) in [5.74, 6) is 0. The first-order valence-corrected chi connectivity index (χ1v) is 5.23. The molecule has 1 aromatic heterocycles. The zero-order chi connectivity index (χ0) is 10.1. The lowest BCUT2D eigenvalue weighted by molar-refractivity contribution is 0.530. The van der Waals surface area contributed by atoms with Gasteiger partial charge in [0, 0.05) is 18.4 Å². The highest BCUT2D eigenvalue weighted by atomic mass is 15.0. The standard InChI is InChI=1S/C7H12N2.C4H10/c1-3-7(2)9-5-4-8-6-9;1-3-4-2/h4-7H,3H2,1-2H3;3-4H2,1-2H3. The molecule has 76 valence electrons. The first-order chi connectivity index (χ1) is 6.26. The summed E-state index contributed by atoms with van der Waals surface area (Å²) >= 11 is 0. The quantitative estimate of drug-likeness (QED) is 0.697. The lowest BCUT2D eigenvalue weighted by Gasteiger charge is -2.07. The Morgan fingerprint density at radius 1 is 1.23 bits per heavy atom. The molecule has 0 saturated carbocycles. The fourth-order valence-electron chi connectivity index (χ4n) is 0.741. The first kappa shape index (κ1) is 12.2. The van der Waals surface area contributed by atoms with Gasteiger partial charge >= 0.3 is 0 Å². The average molecular weight is 182 g/mol. The van der Waals surface area contributed by atoms with Crippen LogP contribution >= 0.6 is 0 Å². The molecule has 0 N–H and O–H groups in total. The van der Waals surface area contributed by atoms with E-state index in [0.717, 1.165) is 6.42 Å². The van der Waals surface area contributed by atoms with E-state index >= 15 is 0 Å². The zero-order valence-electron chi connectivity index (χ0n) is 9.33. The Morgan fingerprint density at radius 2 is 1.85 bits per heavy atom. The van der Waals surface area contributed by atoms with E-state index in [2.05, 4.69) is 37.2 Å². The van der Waals surface area contributed by atoms with E-state index in [4.69, 9.17) is 0 Å². The van der Waals surface area contributed by atoms with Gasteiger partial charge in [0.1, 0.15) is 0 Å². The smallest absolute Gasteiger partial charge is 0.0948 e. The maximum absolute atomic E-state index is 3.95. The van der Waals surface area contributed by atoms with Gasteiger partial charge in [-0.15, -0.1) is 0 Å². The molecule has 2 heteroatoms. The molecule has 1 heterocycles. The number of imidazole rings is 1. The number of unbranched alkanes of at least 4 members (excludes halogenated alkanes) is 1. The molecule has 0 aliphatic rings. The van der Waals surface area contributed by atoms with Crippen LogP contribution in [0.15, 0.2) is 18.7 Å². The van der Waals surface area contributed by atoms with Crippen LogP contribution in [0.3, 0.4) is 0 Å². The van der Waals surface area contributed by atoms with Crippen molar-refractivity contribution >= 4 is 0 Å². The van der Waals surface area contributed by atoms with Gasteiger partial charge in [0.05, 0.1) is 6.33 Å². The lowest BCUT2D eigenvalue weighted by Crippen LogP contribution is -1.99. The van der Waals surface area contributed by atoms with Crippen LogP contribution in [0.5, 0.6) is 0 Å². The molecule has 0 bridgehead atoms. The third kappa shape index (κ3) is 5.45. The minimum Gasteiger partial charge on any atom is -0.335 e. The summed E-state index contributed by atoms with van der Waals surface area (Å²) in [5, 5.41) is 0. The van der Waals surface area contributed by atoms with Crippen LogP contribution in [0.1, 0.15) is 53.0 Å². The maximum Gasteiger partial charge on any atom is 0.0948 e. The van der Waals surface area contributed by atoms with Gasteiger partial charge in [-0.2, -0.15) is 0 Å². The topological polar surface area (TPSA) is 17.8 Å². The van der Waals surface area contributed by atoms with Crippen LogP contribution in [0.4, 0.5) is 0 Å². The molecule has 0 aliphatic carbocycles. The number of aromatic nitrogens is 2. The predicted molar refractivity (Wildman–Crippen MR) is 57.8 cm³/mol. The van der Waals surface area contributed by atoms with Crippen LogP contribution in [-0.4, -0.2) is 9.55 Å². The third-order valence-electron chi connectivity index (χ3n) is 2.12. The molecule has 0 amide bonds. The molecule has 1 unspecified atom stereocenters. The summed E-state index contributed by atoms with van der Waals surface area (Å²) in [6.45, 7) is 8.71. The summed E-state index contributed by atoms with van der Waals surface area (Å²) in [4.78, 5) is 3.95. The van der Waals surface area contributed by atoms with Crippen LogP contribution < -0.4 is 0 Å². The molecule has 0 aromatic carbocycles. The Hall–Kier alpha value is -0.790. The Labute approximate surface area is 82.0 Å². The molecule has 13 heavy (non-hydrogen) atoms. The second-order valence-corrected chi connectivity index (χ2v) is 3.27.